The van der Waals surface area contributed by atoms with E-state index in [1.807, 2.05) is 0 Å². The van der Waals surface area contributed by atoms with Gasteiger partial charge in [-0.25, -0.2) is 4.57 Å². The third-order valence-electron chi connectivity index (χ3n) is 2.40. The van der Waals surface area contributed by atoms with Crippen LogP contribution in [0.25, 0.3) is 0 Å². The van der Waals surface area contributed by atoms with Crippen molar-refractivity contribution >= 4 is 26.8 Å². The molecular formula is C13H13ClO6P2. The summed E-state index contributed by atoms with van der Waals surface area (Å²) < 4.78 is 34.3. The molecular weight excluding hydrogens is 350 g/mol. The summed E-state index contributed by atoms with van der Waals surface area (Å²) in [5.41, 5.74) is 0. The molecule has 2 rings (SSSR count). The zero-order valence-corrected chi connectivity index (χ0v) is 13.7. The van der Waals surface area contributed by atoms with E-state index in [1.54, 1.807) is 18.2 Å². The lowest BCUT2D eigenvalue weighted by atomic mass is 10.3. The molecule has 0 radical (unpaired) electrons. The van der Waals surface area contributed by atoms with Crippen LogP contribution in [0.5, 0.6) is 11.5 Å². The molecule has 1 unspecified atom stereocenters. The molecule has 0 heterocycles. The molecule has 0 saturated carbocycles. The van der Waals surface area contributed by atoms with E-state index in [9.17, 15) is 9.13 Å². The predicted octanol–water partition coefficient (Wildman–Crippen LogP) is 4.13. The highest BCUT2D eigenvalue weighted by Crippen LogP contribution is 2.58. The predicted molar refractivity (Wildman–Crippen MR) is 83.7 cm³/mol. The molecule has 22 heavy (non-hydrogen) atoms. The summed E-state index contributed by atoms with van der Waals surface area (Å²) in [5, 5.41) is 0.446. The molecule has 9 heteroatoms. The largest absolute Gasteiger partial charge is 0.442 e. The smallest absolute Gasteiger partial charge is 0.416 e. The number of hydrogen-bond acceptors (Lipinski definition) is 4. The van der Waals surface area contributed by atoms with E-state index in [2.05, 4.69) is 0 Å². The molecule has 6 nitrogen and oxygen atoms in total. The molecule has 0 aliphatic heterocycles. The second-order valence-corrected chi connectivity index (χ2v) is 8.85. The molecule has 0 aliphatic carbocycles. The van der Waals surface area contributed by atoms with Crippen LogP contribution in [0.15, 0.2) is 54.6 Å². The summed E-state index contributed by atoms with van der Waals surface area (Å²) in [6, 6.07) is 13.9. The van der Waals surface area contributed by atoms with Crippen molar-refractivity contribution in [3.05, 3.63) is 59.6 Å². The highest BCUT2D eigenvalue weighted by atomic mass is 35.5. The van der Waals surface area contributed by atoms with E-state index >= 15 is 0 Å². The van der Waals surface area contributed by atoms with E-state index in [-0.39, 0.29) is 11.5 Å². The standard InChI is InChI=1S/C13H13ClO6P2/c14-11-6-8-13(9-7-11)20-22(18,10-21(15,16)17)19-12-4-2-1-3-5-12/h1-9H,10H2,(H2,15,16,17). The van der Waals surface area contributed by atoms with Crippen LogP contribution >= 0.6 is 26.8 Å². The topological polar surface area (TPSA) is 93.1 Å². The van der Waals surface area contributed by atoms with Crippen LogP contribution < -0.4 is 9.05 Å². The van der Waals surface area contributed by atoms with Crippen molar-refractivity contribution in [3.63, 3.8) is 0 Å². The average molecular weight is 363 g/mol. The van der Waals surface area contributed by atoms with Crippen LogP contribution in [0.1, 0.15) is 0 Å². The number of hydrogen-bond donors (Lipinski definition) is 2. The molecule has 2 aromatic carbocycles. The normalized spacial score (nSPS) is 14.1. The first-order chi connectivity index (χ1) is 10.3. The number of halogens is 1. The van der Waals surface area contributed by atoms with Gasteiger partial charge < -0.3 is 18.8 Å². The maximum Gasteiger partial charge on any atom is 0.442 e. The zero-order chi connectivity index (χ0) is 16.2. The third kappa shape index (κ3) is 5.48. The minimum atomic E-state index is -4.61. The maximum absolute atomic E-state index is 12.7. The second kappa shape index (κ2) is 6.86. The van der Waals surface area contributed by atoms with Gasteiger partial charge in [0.05, 0.1) is 0 Å². The van der Waals surface area contributed by atoms with Gasteiger partial charge in [-0.15, -0.1) is 0 Å². The van der Waals surface area contributed by atoms with Crippen LogP contribution in [0.2, 0.25) is 5.02 Å². The van der Waals surface area contributed by atoms with E-state index in [1.165, 1.54) is 36.4 Å². The van der Waals surface area contributed by atoms with Crippen molar-refractivity contribution in [2.75, 3.05) is 5.90 Å². The zero-order valence-electron chi connectivity index (χ0n) is 11.2. The highest BCUT2D eigenvalue weighted by molar-refractivity contribution is 7.70. The van der Waals surface area contributed by atoms with Gasteiger partial charge in [-0.2, -0.15) is 0 Å². The fourth-order valence-electron chi connectivity index (χ4n) is 1.60. The molecule has 2 aromatic rings. The average Bonchev–Trinajstić information content (AvgIpc) is 2.40. The van der Waals surface area contributed by atoms with Crippen LogP contribution in [0.3, 0.4) is 0 Å². The lowest BCUT2D eigenvalue weighted by molar-refractivity contribution is 0.362. The molecule has 2 N–H and O–H groups in total. The molecule has 0 spiro atoms. The second-order valence-electron chi connectivity index (χ2n) is 4.37. The molecule has 1 atom stereocenters. The van der Waals surface area contributed by atoms with E-state index in [4.69, 9.17) is 30.4 Å². The summed E-state index contributed by atoms with van der Waals surface area (Å²) >= 11 is 5.74. The molecule has 0 aromatic heterocycles. The first-order valence-electron chi connectivity index (χ1n) is 6.09. The summed E-state index contributed by atoms with van der Waals surface area (Å²) in [4.78, 5) is 18.2. The van der Waals surface area contributed by atoms with Crippen molar-refractivity contribution in [1.82, 2.24) is 0 Å². The van der Waals surface area contributed by atoms with Crippen molar-refractivity contribution in [1.29, 1.82) is 0 Å². The minimum Gasteiger partial charge on any atom is -0.416 e. The van der Waals surface area contributed by atoms with Crippen molar-refractivity contribution in [2.45, 2.75) is 0 Å². The van der Waals surface area contributed by atoms with Gasteiger partial charge in [0.25, 0.3) is 0 Å². The molecule has 0 fully saturated rings. The highest BCUT2D eigenvalue weighted by Gasteiger charge is 2.37. The van der Waals surface area contributed by atoms with Gasteiger partial charge in [0.2, 0.25) is 0 Å². The monoisotopic (exact) mass is 362 g/mol. The van der Waals surface area contributed by atoms with E-state index < -0.39 is 21.1 Å². The maximum atomic E-state index is 12.7. The molecule has 118 valence electrons. The lowest BCUT2D eigenvalue weighted by Gasteiger charge is -2.20. The first kappa shape index (κ1) is 17.1. The summed E-state index contributed by atoms with van der Waals surface area (Å²) in [6.45, 7) is 0. The summed E-state index contributed by atoms with van der Waals surface area (Å²) in [6.07, 6.45) is 0. The molecule has 0 aliphatic rings. The van der Waals surface area contributed by atoms with E-state index in [0.717, 1.165) is 0 Å². The van der Waals surface area contributed by atoms with Crippen LogP contribution in [0.4, 0.5) is 0 Å². The summed E-state index contributed by atoms with van der Waals surface area (Å²) in [5.74, 6) is -0.706. The van der Waals surface area contributed by atoms with Crippen LogP contribution in [-0.4, -0.2) is 15.7 Å². The number of rotatable bonds is 6. The van der Waals surface area contributed by atoms with Crippen LogP contribution in [0, 0.1) is 0 Å². The summed E-state index contributed by atoms with van der Waals surface area (Å²) in [7, 11) is -8.72. The molecule has 0 saturated heterocycles. The Morgan fingerprint density at radius 2 is 1.36 bits per heavy atom. The Kier molecular flexibility index (Phi) is 5.32. The van der Waals surface area contributed by atoms with Crippen molar-refractivity contribution in [3.8, 4) is 11.5 Å². The van der Waals surface area contributed by atoms with Gasteiger partial charge in [-0.1, -0.05) is 29.8 Å². The molecule has 0 amide bonds. The third-order valence-corrected chi connectivity index (χ3v) is 6.49. The van der Waals surface area contributed by atoms with Crippen molar-refractivity contribution < 1.29 is 28.0 Å². The SMILES string of the molecule is O=P(O)(O)CP(=O)(Oc1ccccc1)Oc1ccc(Cl)cc1. The Morgan fingerprint density at radius 1 is 0.864 bits per heavy atom. The van der Waals surface area contributed by atoms with Gasteiger partial charge >= 0.3 is 15.2 Å². The Bertz CT molecular complexity index is 713. The Balaban J connectivity index is 2.27. The van der Waals surface area contributed by atoms with Gasteiger partial charge in [-0.05, 0) is 36.4 Å². The molecule has 0 bridgehead atoms. The van der Waals surface area contributed by atoms with Crippen molar-refractivity contribution in [2.24, 2.45) is 0 Å². The Labute approximate surface area is 132 Å². The minimum absolute atomic E-state index is 0.136. The van der Waals surface area contributed by atoms with Gasteiger partial charge in [0.15, 0.2) is 5.90 Å². The first-order valence-corrected chi connectivity index (χ1v) is 10.00. The van der Waals surface area contributed by atoms with Gasteiger partial charge in [0.1, 0.15) is 11.5 Å². The van der Waals surface area contributed by atoms with E-state index in [0.29, 0.717) is 5.02 Å². The van der Waals surface area contributed by atoms with Gasteiger partial charge in [-0.3, -0.25) is 4.57 Å². The Morgan fingerprint density at radius 3 is 1.86 bits per heavy atom. The lowest BCUT2D eigenvalue weighted by Crippen LogP contribution is -2.05. The fraction of sp³-hybridized carbons (Fsp3) is 0.0769. The van der Waals surface area contributed by atoms with Gasteiger partial charge in [0, 0.05) is 5.02 Å². The number of benzene rings is 2. The number of para-hydroxylation sites is 1. The van der Waals surface area contributed by atoms with Crippen LogP contribution in [-0.2, 0) is 9.13 Å². The Hall–Kier alpha value is -1.29. The fourth-order valence-corrected chi connectivity index (χ4v) is 4.92. The quantitative estimate of drug-likeness (QED) is 0.751.